The van der Waals surface area contributed by atoms with Crippen LogP contribution in [0.25, 0.3) is 11.0 Å². The lowest BCUT2D eigenvalue weighted by molar-refractivity contribution is 0.0986. The fourth-order valence-electron chi connectivity index (χ4n) is 3.63. The van der Waals surface area contributed by atoms with Crippen LogP contribution in [0.3, 0.4) is 0 Å². The molecule has 0 bridgehead atoms. The first-order valence-electron chi connectivity index (χ1n) is 8.27. The van der Waals surface area contributed by atoms with Crippen molar-refractivity contribution in [1.29, 1.82) is 0 Å². The Balaban J connectivity index is 1.89. The van der Waals surface area contributed by atoms with Gasteiger partial charge in [-0.1, -0.05) is 18.2 Å². The van der Waals surface area contributed by atoms with Gasteiger partial charge in [-0.2, -0.15) is 5.10 Å². The second-order valence-corrected chi connectivity index (χ2v) is 6.41. The Labute approximate surface area is 140 Å². The van der Waals surface area contributed by atoms with Crippen molar-refractivity contribution in [2.24, 2.45) is 7.05 Å². The quantitative estimate of drug-likeness (QED) is 0.692. The molecule has 0 atom stereocenters. The van der Waals surface area contributed by atoms with Crippen LogP contribution in [0.15, 0.2) is 30.3 Å². The largest absolute Gasteiger partial charge is 0.308 e. The Kier molecular flexibility index (Phi) is 3.37. The summed E-state index contributed by atoms with van der Waals surface area (Å²) in [5, 5.41) is 5.30. The van der Waals surface area contributed by atoms with Crippen LogP contribution in [0, 0.1) is 13.8 Å². The number of carbonyl (C=O) groups is 1. The van der Waals surface area contributed by atoms with Crippen LogP contribution in [0.4, 0.5) is 5.69 Å². The molecule has 0 unspecified atom stereocenters. The van der Waals surface area contributed by atoms with Crippen molar-refractivity contribution in [2.75, 3.05) is 11.4 Å². The zero-order valence-corrected chi connectivity index (χ0v) is 14.2. The summed E-state index contributed by atoms with van der Waals surface area (Å²) >= 11 is 0. The molecule has 0 radical (unpaired) electrons. The Morgan fingerprint density at radius 1 is 1.21 bits per heavy atom. The van der Waals surface area contributed by atoms with Crippen molar-refractivity contribution in [1.82, 2.24) is 14.8 Å². The van der Waals surface area contributed by atoms with Crippen LogP contribution in [0.2, 0.25) is 0 Å². The molecule has 0 aliphatic carbocycles. The maximum absolute atomic E-state index is 13.4. The van der Waals surface area contributed by atoms with Crippen molar-refractivity contribution in [3.63, 3.8) is 0 Å². The topological polar surface area (TPSA) is 51.0 Å². The number of rotatable bonds is 1. The summed E-state index contributed by atoms with van der Waals surface area (Å²) in [5.41, 5.74) is 5.40. The third-order valence-electron chi connectivity index (χ3n) is 4.68. The van der Waals surface area contributed by atoms with Crippen molar-refractivity contribution in [3.8, 4) is 0 Å². The number of benzene rings is 1. The molecule has 3 aromatic rings. The highest BCUT2D eigenvalue weighted by molar-refractivity contribution is 6.14. The van der Waals surface area contributed by atoms with Gasteiger partial charge in [-0.15, -0.1) is 0 Å². The fraction of sp³-hybridized carbons (Fsp3) is 0.316. The van der Waals surface area contributed by atoms with E-state index >= 15 is 0 Å². The van der Waals surface area contributed by atoms with E-state index < -0.39 is 0 Å². The zero-order chi connectivity index (χ0) is 16.8. The molecular formula is C19H20N4O. The molecule has 4 rings (SSSR count). The smallest absolute Gasteiger partial charge is 0.259 e. The summed E-state index contributed by atoms with van der Waals surface area (Å²) in [4.78, 5) is 19.8. The van der Waals surface area contributed by atoms with E-state index in [1.807, 2.05) is 50.1 Å². The molecule has 5 nitrogen and oxygen atoms in total. The van der Waals surface area contributed by atoms with E-state index in [2.05, 4.69) is 16.1 Å². The maximum atomic E-state index is 13.4. The molecule has 5 heteroatoms. The Bertz CT molecular complexity index is 957. The van der Waals surface area contributed by atoms with E-state index in [0.717, 1.165) is 47.5 Å². The first-order valence-corrected chi connectivity index (χ1v) is 8.27. The second-order valence-electron chi connectivity index (χ2n) is 6.41. The SMILES string of the molecule is Cc1cc(C(=O)N2CCCc3ccccc32)c2c(C)nn(C)c2n1. The van der Waals surface area contributed by atoms with E-state index in [-0.39, 0.29) is 5.91 Å². The van der Waals surface area contributed by atoms with Crippen LogP contribution in [0.1, 0.15) is 33.7 Å². The number of para-hydroxylation sites is 1. The number of aryl methyl sites for hydroxylation is 4. The molecule has 24 heavy (non-hydrogen) atoms. The van der Waals surface area contributed by atoms with E-state index in [9.17, 15) is 4.79 Å². The van der Waals surface area contributed by atoms with Gasteiger partial charge in [0.25, 0.3) is 5.91 Å². The van der Waals surface area contributed by atoms with E-state index in [1.165, 1.54) is 5.56 Å². The summed E-state index contributed by atoms with van der Waals surface area (Å²) < 4.78 is 1.75. The van der Waals surface area contributed by atoms with Crippen LogP contribution >= 0.6 is 0 Å². The minimum absolute atomic E-state index is 0.0359. The molecule has 3 heterocycles. The summed E-state index contributed by atoms with van der Waals surface area (Å²) in [7, 11) is 1.87. The van der Waals surface area contributed by atoms with Gasteiger partial charge in [0.05, 0.1) is 16.6 Å². The highest BCUT2D eigenvalue weighted by Crippen LogP contribution is 2.30. The third kappa shape index (κ3) is 2.19. The van der Waals surface area contributed by atoms with Crippen LogP contribution in [0.5, 0.6) is 0 Å². The van der Waals surface area contributed by atoms with Gasteiger partial charge in [0.15, 0.2) is 5.65 Å². The molecule has 1 aliphatic heterocycles. The summed E-state index contributed by atoms with van der Waals surface area (Å²) in [5.74, 6) is 0.0359. The van der Waals surface area contributed by atoms with Gasteiger partial charge < -0.3 is 4.90 Å². The zero-order valence-electron chi connectivity index (χ0n) is 14.2. The number of hydrogen-bond acceptors (Lipinski definition) is 3. The number of amides is 1. The van der Waals surface area contributed by atoms with E-state index in [0.29, 0.717) is 5.56 Å². The molecule has 0 saturated carbocycles. The molecule has 122 valence electrons. The predicted molar refractivity (Wildman–Crippen MR) is 94.4 cm³/mol. The van der Waals surface area contributed by atoms with Gasteiger partial charge >= 0.3 is 0 Å². The van der Waals surface area contributed by atoms with Crippen molar-refractivity contribution >= 4 is 22.6 Å². The molecule has 1 aliphatic rings. The first kappa shape index (κ1) is 14.9. The van der Waals surface area contributed by atoms with Gasteiger partial charge in [0, 0.05) is 25.0 Å². The van der Waals surface area contributed by atoms with Gasteiger partial charge in [0.2, 0.25) is 0 Å². The minimum Gasteiger partial charge on any atom is -0.308 e. The van der Waals surface area contributed by atoms with Crippen molar-refractivity contribution < 1.29 is 4.79 Å². The Morgan fingerprint density at radius 3 is 2.83 bits per heavy atom. The molecule has 1 amide bonds. The van der Waals surface area contributed by atoms with Crippen LogP contribution in [-0.4, -0.2) is 27.2 Å². The molecule has 0 fully saturated rings. The van der Waals surface area contributed by atoms with E-state index in [4.69, 9.17) is 0 Å². The first-order chi connectivity index (χ1) is 11.6. The number of nitrogens with zero attached hydrogens (tertiary/aromatic N) is 4. The monoisotopic (exact) mass is 320 g/mol. The summed E-state index contributed by atoms with van der Waals surface area (Å²) in [6.45, 7) is 4.60. The molecular weight excluding hydrogens is 300 g/mol. The van der Waals surface area contributed by atoms with Crippen LogP contribution < -0.4 is 4.90 Å². The Hall–Kier alpha value is -2.69. The lowest BCUT2D eigenvalue weighted by atomic mass is 10.00. The highest BCUT2D eigenvalue weighted by atomic mass is 16.2. The number of carbonyl (C=O) groups excluding carboxylic acids is 1. The average molecular weight is 320 g/mol. The van der Waals surface area contributed by atoms with Crippen LogP contribution in [-0.2, 0) is 13.5 Å². The standard InChI is InChI=1S/C19H20N4O/c1-12-11-15(17-13(2)21-22(3)18(17)20-12)19(24)23-10-6-8-14-7-4-5-9-16(14)23/h4-5,7,9,11H,6,8,10H2,1-3H3. The molecule has 0 spiro atoms. The summed E-state index contributed by atoms with van der Waals surface area (Å²) in [6, 6.07) is 10.1. The number of hydrogen-bond donors (Lipinski definition) is 0. The lowest BCUT2D eigenvalue weighted by Gasteiger charge is -2.29. The molecule has 0 saturated heterocycles. The minimum atomic E-state index is 0.0359. The lowest BCUT2D eigenvalue weighted by Crippen LogP contribution is -2.35. The molecule has 0 N–H and O–H groups in total. The fourth-order valence-corrected chi connectivity index (χ4v) is 3.63. The van der Waals surface area contributed by atoms with Crippen molar-refractivity contribution in [3.05, 3.63) is 52.8 Å². The normalized spacial score (nSPS) is 14.0. The molecule has 1 aromatic carbocycles. The van der Waals surface area contributed by atoms with Gasteiger partial charge in [-0.05, 0) is 44.4 Å². The number of aromatic nitrogens is 3. The maximum Gasteiger partial charge on any atom is 0.259 e. The predicted octanol–water partition coefficient (Wildman–Crippen LogP) is 3.18. The van der Waals surface area contributed by atoms with Gasteiger partial charge in [-0.3, -0.25) is 9.48 Å². The Morgan fingerprint density at radius 2 is 2.00 bits per heavy atom. The van der Waals surface area contributed by atoms with Gasteiger partial charge in [0.1, 0.15) is 0 Å². The third-order valence-corrected chi connectivity index (χ3v) is 4.68. The molecule has 2 aromatic heterocycles. The van der Waals surface area contributed by atoms with Gasteiger partial charge in [-0.25, -0.2) is 4.98 Å². The second kappa shape index (κ2) is 5.44. The average Bonchev–Trinajstić information content (AvgIpc) is 2.87. The highest BCUT2D eigenvalue weighted by Gasteiger charge is 2.26. The van der Waals surface area contributed by atoms with E-state index in [1.54, 1.807) is 4.68 Å². The summed E-state index contributed by atoms with van der Waals surface area (Å²) in [6.07, 6.45) is 2.01. The number of fused-ring (bicyclic) bond motifs is 2. The van der Waals surface area contributed by atoms with Crippen molar-refractivity contribution in [2.45, 2.75) is 26.7 Å². The number of pyridine rings is 1. The number of anilines is 1.